The highest BCUT2D eigenvalue weighted by Crippen LogP contribution is 2.23. The molecule has 2 nitrogen and oxygen atoms in total. The number of nitrogens with two attached hydrogens (primary N) is 2. The van der Waals surface area contributed by atoms with Gasteiger partial charge in [0.2, 0.25) is 0 Å². The van der Waals surface area contributed by atoms with Crippen molar-refractivity contribution in [2.45, 2.75) is 64.7 Å². The lowest BCUT2D eigenvalue weighted by molar-refractivity contribution is 0.713. The van der Waals surface area contributed by atoms with Crippen molar-refractivity contribution in [3.05, 3.63) is 201 Å². The molecule has 0 fully saturated rings. The third-order valence-corrected chi connectivity index (χ3v) is 9.38. The Morgan fingerprint density at radius 2 is 0.646 bits per heavy atom. The van der Waals surface area contributed by atoms with Crippen LogP contribution >= 0.6 is 0 Å². The summed E-state index contributed by atoms with van der Waals surface area (Å²) in [4.78, 5) is 0. The van der Waals surface area contributed by atoms with Crippen LogP contribution in [0.25, 0.3) is 0 Å². The molecule has 48 heavy (non-hydrogen) atoms. The van der Waals surface area contributed by atoms with E-state index in [0.29, 0.717) is 0 Å². The maximum absolute atomic E-state index is 5.90. The second-order valence-corrected chi connectivity index (χ2v) is 13.4. The van der Waals surface area contributed by atoms with Crippen LogP contribution in [0.15, 0.2) is 140 Å². The molecule has 0 amide bonds. The van der Waals surface area contributed by atoms with Crippen LogP contribution in [0.3, 0.4) is 0 Å². The van der Waals surface area contributed by atoms with Crippen molar-refractivity contribution in [2.24, 2.45) is 0 Å². The Morgan fingerprint density at radius 1 is 0.333 bits per heavy atom. The number of nitrogen functional groups attached to an aromatic ring is 2. The minimum absolute atomic E-state index is 0.810. The van der Waals surface area contributed by atoms with Crippen LogP contribution in [0.1, 0.15) is 87.4 Å². The number of benzene rings is 6. The largest absolute Gasteiger partial charge is 0.399 e. The predicted molar refractivity (Wildman–Crippen MR) is 205 cm³/mol. The van der Waals surface area contributed by atoms with Crippen molar-refractivity contribution < 1.29 is 0 Å². The molecule has 0 unspecified atom stereocenters. The van der Waals surface area contributed by atoms with Gasteiger partial charge in [0, 0.05) is 11.4 Å². The van der Waals surface area contributed by atoms with E-state index in [1.54, 1.807) is 0 Å². The van der Waals surface area contributed by atoms with Gasteiger partial charge in [0.05, 0.1) is 0 Å². The lowest BCUT2D eigenvalue weighted by Gasteiger charge is -2.13. The van der Waals surface area contributed by atoms with Gasteiger partial charge in [-0.05, 0) is 130 Å². The maximum atomic E-state index is 5.90. The van der Waals surface area contributed by atoms with Gasteiger partial charge in [0.1, 0.15) is 0 Å². The molecule has 0 bridgehead atoms. The monoisotopic (exact) mass is 628 g/mol. The van der Waals surface area contributed by atoms with E-state index in [1.807, 2.05) is 24.3 Å². The van der Waals surface area contributed by atoms with Crippen LogP contribution < -0.4 is 11.5 Å². The molecular formula is C46H48N2. The van der Waals surface area contributed by atoms with Crippen molar-refractivity contribution in [3.8, 4) is 0 Å². The number of aryl methyl sites for hydroxylation is 1. The van der Waals surface area contributed by atoms with Crippen molar-refractivity contribution >= 4 is 11.4 Å². The number of hydrogen-bond donors (Lipinski definition) is 2. The molecule has 0 aliphatic carbocycles. The molecule has 0 saturated heterocycles. The fourth-order valence-electron chi connectivity index (χ4n) is 6.52. The first-order chi connectivity index (χ1) is 23.5. The van der Waals surface area contributed by atoms with Crippen molar-refractivity contribution in [1.29, 1.82) is 0 Å². The van der Waals surface area contributed by atoms with Gasteiger partial charge in [-0.25, -0.2) is 0 Å². The SMILES string of the molecule is CCCCCc1cc(Cc2ccc(N)cc2)ccc1Cc1ccc(Cc2ccc(Cc3ccc(Cc4ccc(N)cc4)cc3)cc2)cc1. The summed E-state index contributed by atoms with van der Waals surface area (Å²) in [5.74, 6) is 0. The number of rotatable bonds is 14. The second-order valence-electron chi connectivity index (χ2n) is 13.4. The molecular weight excluding hydrogens is 581 g/mol. The van der Waals surface area contributed by atoms with Crippen LogP contribution in [0.4, 0.5) is 11.4 Å². The fraction of sp³-hybridized carbons (Fsp3) is 0.217. The summed E-state index contributed by atoms with van der Waals surface area (Å²) in [6, 6.07) is 50.9. The third kappa shape index (κ3) is 9.48. The molecule has 0 radical (unpaired) electrons. The predicted octanol–water partition coefficient (Wildman–Crippen LogP) is 10.5. The van der Waals surface area contributed by atoms with Gasteiger partial charge in [-0.15, -0.1) is 0 Å². The van der Waals surface area contributed by atoms with E-state index in [0.717, 1.165) is 49.9 Å². The first-order valence-electron chi connectivity index (χ1n) is 17.5. The molecule has 0 aromatic heterocycles. The summed E-state index contributed by atoms with van der Waals surface area (Å²) in [6.07, 6.45) is 9.63. The van der Waals surface area contributed by atoms with Crippen LogP contribution in [-0.2, 0) is 38.5 Å². The van der Waals surface area contributed by atoms with E-state index in [9.17, 15) is 0 Å². The van der Waals surface area contributed by atoms with Crippen LogP contribution in [-0.4, -0.2) is 0 Å². The van der Waals surface area contributed by atoms with Crippen LogP contribution in [0, 0.1) is 0 Å². The minimum atomic E-state index is 0.810. The molecule has 6 aromatic carbocycles. The van der Waals surface area contributed by atoms with Gasteiger partial charge in [-0.2, -0.15) is 0 Å². The number of unbranched alkanes of at least 4 members (excludes halogenated alkanes) is 2. The lowest BCUT2D eigenvalue weighted by Crippen LogP contribution is -2.00. The standard InChI is InChI=1S/C46H48N2/c1-2-3-4-5-43-33-42(31-40-21-26-46(48)27-22-40)18-23-44(43)32-41-16-14-38(15-17-41)29-36-8-6-34(7-9-36)28-35-10-12-37(13-11-35)30-39-19-24-45(47)25-20-39/h6-27,33H,2-5,28-32,47-48H2,1H3. The van der Waals surface area contributed by atoms with E-state index < -0.39 is 0 Å². The average Bonchev–Trinajstić information content (AvgIpc) is 3.10. The van der Waals surface area contributed by atoms with Crippen molar-refractivity contribution in [1.82, 2.24) is 0 Å². The molecule has 0 spiro atoms. The van der Waals surface area contributed by atoms with Gasteiger partial charge < -0.3 is 11.5 Å². The normalized spacial score (nSPS) is 11.1. The van der Waals surface area contributed by atoms with Crippen molar-refractivity contribution in [3.63, 3.8) is 0 Å². The number of hydrogen-bond acceptors (Lipinski definition) is 2. The third-order valence-electron chi connectivity index (χ3n) is 9.38. The van der Waals surface area contributed by atoms with Gasteiger partial charge in [0.25, 0.3) is 0 Å². The Bertz CT molecular complexity index is 1870. The van der Waals surface area contributed by atoms with E-state index >= 15 is 0 Å². The topological polar surface area (TPSA) is 52.0 Å². The summed E-state index contributed by atoms with van der Waals surface area (Å²) in [6.45, 7) is 2.28. The Morgan fingerprint density at radius 3 is 1.02 bits per heavy atom. The smallest absolute Gasteiger partial charge is 0.0314 e. The molecule has 0 aliphatic heterocycles. The Hall–Kier alpha value is -5.08. The summed E-state index contributed by atoms with van der Waals surface area (Å²) in [5, 5.41) is 0. The highest BCUT2D eigenvalue weighted by molar-refractivity contribution is 5.44. The Balaban J connectivity index is 1.04. The van der Waals surface area contributed by atoms with Gasteiger partial charge in [-0.3, -0.25) is 0 Å². The zero-order valence-corrected chi connectivity index (χ0v) is 28.3. The summed E-state index contributed by atoms with van der Waals surface area (Å²) < 4.78 is 0. The highest BCUT2D eigenvalue weighted by Gasteiger charge is 2.08. The summed E-state index contributed by atoms with van der Waals surface area (Å²) in [5.41, 5.74) is 28.3. The molecule has 2 heteroatoms. The molecule has 6 rings (SSSR count). The molecule has 4 N–H and O–H groups in total. The first kappa shape index (κ1) is 32.8. The van der Waals surface area contributed by atoms with E-state index in [2.05, 4.69) is 122 Å². The molecule has 242 valence electrons. The van der Waals surface area contributed by atoms with Gasteiger partial charge >= 0.3 is 0 Å². The van der Waals surface area contributed by atoms with Gasteiger partial charge in [0.15, 0.2) is 0 Å². The molecule has 6 aromatic rings. The molecule has 0 heterocycles. The van der Waals surface area contributed by atoms with Crippen molar-refractivity contribution in [2.75, 3.05) is 11.5 Å². The fourth-order valence-corrected chi connectivity index (χ4v) is 6.52. The summed E-state index contributed by atoms with van der Waals surface area (Å²) in [7, 11) is 0. The van der Waals surface area contributed by atoms with Crippen LogP contribution in [0.2, 0.25) is 0 Å². The van der Waals surface area contributed by atoms with E-state index in [1.165, 1.54) is 80.5 Å². The maximum Gasteiger partial charge on any atom is 0.0314 e. The zero-order chi connectivity index (χ0) is 33.1. The summed E-state index contributed by atoms with van der Waals surface area (Å²) >= 11 is 0. The van der Waals surface area contributed by atoms with Crippen LogP contribution in [0.5, 0.6) is 0 Å². The quantitative estimate of drug-likeness (QED) is 0.0931. The Labute approximate surface area is 287 Å². The number of anilines is 2. The van der Waals surface area contributed by atoms with E-state index in [-0.39, 0.29) is 0 Å². The first-order valence-corrected chi connectivity index (χ1v) is 17.5. The lowest BCUT2D eigenvalue weighted by atomic mass is 9.92. The molecule has 0 aliphatic rings. The van der Waals surface area contributed by atoms with E-state index in [4.69, 9.17) is 11.5 Å². The zero-order valence-electron chi connectivity index (χ0n) is 28.3. The molecule has 0 atom stereocenters. The second kappa shape index (κ2) is 16.2. The highest BCUT2D eigenvalue weighted by atomic mass is 14.5. The Kier molecular flexibility index (Phi) is 11.1. The average molecular weight is 629 g/mol. The molecule has 0 saturated carbocycles. The van der Waals surface area contributed by atoms with Gasteiger partial charge in [-0.1, -0.05) is 135 Å². The minimum Gasteiger partial charge on any atom is -0.399 e.